The van der Waals surface area contributed by atoms with Crippen molar-refractivity contribution in [3.8, 4) is 0 Å². The quantitative estimate of drug-likeness (QED) is 0.723. The fourth-order valence-electron chi connectivity index (χ4n) is 1.22. The fraction of sp³-hybridized carbons (Fsp3) is 0.692. The minimum atomic E-state index is 0.443. The SMILES string of the molecule is CC.Cc1ccc(CCC(C)(C)C)[nH]1. The molecule has 0 bridgehead atoms. The minimum Gasteiger partial charge on any atom is -0.363 e. The van der Waals surface area contributed by atoms with Crippen LogP contribution >= 0.6 is 0 Å². The van der Waals surface area contributed by atoms with E-state index in [0.717, 1.165) is 6.42 Å². The van der Waals surface area contributed by atoms with Crippen molar-refractivity contribution in [2.24, 2.45) is 5.41 Å². The molecule has 0 spiro atoms. The van der Waals surface area contributed by atoms with Crippen molar-refractivity contribution in [2.75, 3.05) is 0 Å². The molecule has 0 saturated carbocycles. The fourth-order valence-corrected chi connectivity index (χ4v) is 1.22. The zero-order valence-electron chi connectivity index (χ0n) is 10.6. The Kier molecular flexibility index (Phi) is 5.59. The molecule has 1 heterocycles. The molecular weight excluding hydrogens is 170 g/mol. The predicted molar refractivity (Wildman–Crippen MR) is 64.7 cm³/mol. The van der Waals surface area contributed by atoms with Gasteiger partial charge in [-0.1, -0.05) is 34.6 Å². The first-order valence-electron chi connectivity index (χ1n) is 5.62. The van der Waals surface area contributed by atoms with Gasteiger partial charge in [-0.2, -0.15) is 0 Å². The molecule has 0 unspecified atom stereocenters. The Morgan fingerprint density at radius 2 is 1.71 bits per heavy atom. The monoisotopic (exact) mass is 195 g/mol. The van der Waals surface area contributed by atoms with Crippen LogP contribution in [0.4, 0.5) is 0 Å². The minimum absolute atomic E-state index is 0.443. The van der Waals surface area contributed by atoms with Crippen LogP contribution in [-0.2, 0) is 6.42 Å². The number of aromatic amines is 1. The lowest BCUT2D eigenvalue weighted by Gasteiger charge is -2.16. The summed E-state index contributed by atoms with van der Waals surface area (Å²) >= 11 is 0. The molecule has 1 heteroatoms. The van der Waals surface area contributed by atoms with Gasteiger partial charge in [-0.05, 0) is 37.3 Å². The molecule has 0 fully saturated rings. The summed E-state index contributed by atoms with van der Waals surface area (Å²) in [6.45, 7) is 12.9. The summed E-state index contributed by atoms with van der Waals surface area (Å²) in [5, 5.41) is 0. The average Bonchev–Trinajstić information content (AvgIpc) is 2.50. The standard InChI is InChI=1S/C11H19N.C2H6/c1-9-5-6-10(12-9)7-8-11(2,3)4;1-2/h5-6,12H,7-8H2,1-4H3;1-2H3. The Hall–Kier alpha value is -0.720. The van der Waals surface area contributed by atoms with Gasteiger partial charge < -0.3 is 4.98 Å². The lowest BCUT2D eigenvalue weighted by molar-refractivity contribution is 0.376. The lowest BCUT2D eigenvalue weighted by atomic mass is 9.90. The van der Waals surface area contributed by atoms with Crippen molar-refractivity contribution in [1.82, 2.24) is 4.98 Å². The lowest BCUT2D eigenvalue weighted by Crippen LogP contribution is -2.06. The third-order valence-corrected chi connectivity index (χ3v) is 2.04. The topological polar surface area (TPSA) is 15.8 Å². The van der Waals surface area contributed by atoms with Gasteiger partial charge in [-0.3, -0.25) is 0 Å². The van der Waals surface area contributed by atoms with E-state index in [9.17, 15) is 0 Å². The molecule has 82 valence electrons. The van der Waals surface area contributed by atoms with E-state index in [1.165, 1.54) is 17.8 Å². The van der Waals surface area contributed by atoms with E-state index in [1.807, 2.05) is 13.8 Å². The Balaban J connectivity index is 0.000000791. The highest BCUT2D eigenvalue weighted by Gasteiger charge is 2.09. The van der Waals surface area contributed by atoms with Gasteiger partial charge in [-0.25, -0.2) is 0 Å². The second-order valence-electron chi connectivity index (χ2n) is 4.73. The summed E-state index contributed by atoms with van der Waals surface area (Å²) in [6.07, 6.45) is 2.41. The maximum atomic E-state index is 3.35. The number of aryl methyl sites for hydroxylation is 2. The van der Waals surface area contributed by atoms with Crippen LogP contribution in [0.2, 0.25) is 0 Å². The number of aromatic nitrogens is 1. The molecule has 1 rings (SSSR count). The highest BCUT2D eigenvalue weighted by atomic mass is 14.7. The van der Waals surface area contributed by atoms with Gasteiger partial charge >= 0.3 is 0 Å². The smallest absolute Gasteiger partial charge is 0.0149 e. The van der Waals surface area contributed by atoms with Gasteiger partial charge in [0, 0.05) is 11.4 Å². The van der Waals surface area contributed by atoms with Crippen molar-refractivity contribution in [2.45, 2.75) is 54.4 Å². The molecule has 1 nitrogen and oxygen atoms in total. The highest BCUT2D eigenvalue weighted by Crippen LogP contribution is 2.20. The zero-order valence-corrected chi connectivity index (χ0v) is 10.6. The Labute approximate surface area is 88.9 Å². The van der Waals surface area contributed by atoms with E-state index in [4.69, 9.17) is 0 Å². The first-order valence-corrected chi connectivity index (χ1v) is 5.62. The predicted octanol–water partition coefficient (Wildman–Crippen LogP) is 4.33. The summed E-state index contributed by atoms with van der Waals surface area (Å²) in [7, 11) is 0. The number of H-pyrrole nitrogens is 1. The van der Waals surface area contributed by atoms with E-state index in [1.54, 1.807) is 0 Å². The maximum Gasteiger partial charge on any atom is 0.0149 e. The van der Waals surface area contributed by atoms with E-state index >= 15 is 0 Å². The van der Waals surface area contributed by atoms with Gasteiger partial charge in [0.1, 0.15) is 0 Å². The molecule has 0 radical (unpaired) electrons. The van der Waals surface area contributed by atoms with Crippen molar-refractivity contribution in [3.05, 3.63) is 23.5 Å². The van der Waals surface area contributed by atoms with Gasteiger partial charge in [-0.15, -0.1) is 0 Å². The van der Waals surface area contributed by atoms with E-state index in [2.05, 4.69) is 44.8 Å². The van der Waals surface area contributed by atoms with E-state index in [-0.39, 0.29) is 0 Å². The maximum absolute atomic E-state index is 3.35. The first-order chi connectivity index (χ1) is 6.47. The molecule has 1 aromatic rings. The average molecular weight is 195 g/mol. The number of hydrogen-bond donors (Lipinski definition) is 1. The van der Waals surface area contributed by atoms with Crippen molar-refractivity contribution < 1.29 is 0 Å². The van der Waals surface area contributed by atoms with Crippen molar-refractivity contribution >= 4 is 0 Å². The van der Waals surface area contributed by atoms with Crippen LogP contribution in [0.3, 0.4) is 0 Å². The molecule has 0 aromatic carbocycles. The van der Waals surface area contributed by atoms with Crippen LogP contribution in [-0.4, -0.2) is 4.98 Å². The Bertz CT molecular complexity index is 240. The molecule has 14 heavy (non-hydrogen) atoms. The number of rotatable bonds is 2. The summed E-state index contributed by atoms with van der Waals surface area (Å²) < 4.78 is 0. The van der Waals surface area contributed by atoms with Gasteiger partial charge in [0.2, 0.25) is 0 Å². The normalized spacial score (nSPS) is 10.7. The Morgan fingerprint density at radius 3 is 2.07 bits per heavy atom. The van der Waals surface area contributed by atoms with Crippen LogP contribution in [0.15, 0.2) is 12.1 Å². The van der Waals surface area contributed by atoms with Crippen molar-refractivity contribution in [1.29, 1.82) is 0 Å². The van der Waals surface area contributed by atoms with Gasteiger partial charge in [0.05, 0.1) is 0 Å². The summed E-state index contributed by atoms with van der Waals surface area (Å²) in [5.74, 6) is 0. The Morgan fingerprint density at radius 1 is 1.14 bits per heavy atom. The second kappa shape index (κ2) is 5.90. The molecule has 1 N–H and O–H groups in total. The van der Waals surface area contributed by atoms with Crippen LogP contribution in [0.5, 0.6) is 0 Å². The third kappa shape index (κ3) is 5.85. The van der Waals surface area contributed by atoms with Crippen molar-refractivity contribution in [3.63, 3.8) is 0 Å². The number of nitrogens with one attached hydrogen (secondary N) is 1. The molecule has 0 amide bonds. The molecule has 0 aliphatic rings. The summed E-state index contributed by atoms with van der Waals surface area (Å²) in [4.78, 5) is 3.35. The summed E-state index contributed by atoms with van der Waals surface area (Å²) in [5.41, 5.74) is 3.07. The van der Waals surface area contributed by atoms with E-state index in [0.29, 0.717) is 5.41 Å². The molecule has 0 saturated heterocycles. The van der Waals surface area contributed by atoms with Crippen LogP contribution in [0.25, 0.3) is 0 Å². The van der Waals surface area contributed by atoms with Crippen LogP contribution in [0, 0.1) is 12.3 Å². The van der Waals surface area contributed by atoms with Crippen LogP contribution < -0.4 is 0 Å². The molecule has 0 aliphatic heterocycles. The molecular formula is C13H25N. The first kappa shape index (κ1) is 13.3. The van der Waals surface area contributed by atoms with Gasteiger partial charge in [0.25, 0.3) is 0 Å². The van der Waals surface area contributed by atoms with E-state index < -0.39 is 0 Å². The second-order valence-corrected chi connectivity index (χ2v) is 4.73. The number of hydrogen-bond acceptors (Lipinski definition) is 0. The third-order valence-electron chi connectivity index (χ3n) is 2.04. The molecule has 1 aromatic heterocycles. The molecule has 0 aliphatic carbocycles. The summed E-state index contributed by atoms with van der Waals surface area (Å²) in [6, 6.07) is 4.32. The zero-order chi connectivity index (χ0) is 11.2. The van der Waals surface area contributed by atoms with Gasteiger partial charge in [0.15, 0.2) is 0 Å². The highest BCUT2D eigenvalue weighted by molar-refractivity contribution is 5.11. The van der Waals surface area contributed by atoms with Crippen LogP contribution in [0.1, 0.15) is 52.4 Å². The largest absolute Gasteiger partial charge is 0.363 e. The molecule has 0 atom stereocenters.